The minimum atomic E-state index is -0.349. The molecular formula is C17H14O3. The van der Waals surface area contributed by atoms with E-state index in [1.54, 1.807) is 19.2 Å². The Morgan fingerprint density at radius 2 is 1.75 bits per heavy atom. The molecule has 1 heterocycles. The molecule has 0 atom stereocenters. The maximum Gasteiger partial charge on any atom is 0.336 e. The van der Waals surface area contributed by atoms with Gasteiger partial charge in [-0.05, 0) is 36.2 Å². The van der Waals surface area contributed by atoms with Crippen molar-refractivity contribution in [2.75, 3.05) is 7.11 Å². The molecule has 0 radical (unpaired) electrons. The van der Waals surface area contributed by atoms with Crippen molar-refractivity contribution < 1.29 is 9.15 Å². The summed E-state index contributed by atoms with van der Waals surface area (Å²) in [6, 6.07) is 15.0. The molecule has 3 rings (SSSR count). The molecule has 20 heavy (non-hydrogen) atoms. The molecular weight excluding hydrogens is 252 g/mol. The van der Waals surface area contributed by atoms with Crippen molar-refractivity contribution >= 4 is 11.0 Å². The molecule has 3 heteroatoms. The first-order chi connectivity index (χ1) is 9.67. The summed E-state index contributed by atoms with van der Waals surface area (Å²) in [5.74, 6) is 0.736. The van der Waals surface area contributed by atoms with Crippen molar-refractivity contribution in [2.24, 2.45) is 0 Å². The van der Waals surface area contributed by atoms with E-state index < -0.39 is 0 Å². The van der Waals surface area contributed by atoms with Gasteiger partial charge in [-0.3, -0.25) is 0 Å². The maximum atomic E-state index is 11.7. The number of ether oxygens (including phenoxy) is 1. The summed E-state index contributed by atoms with van der Waals surface area (Å²) in [4.78, 5) is 11.7. The quantitative estimate of drug-likeness (QED) is 0.663. The first-order valence-corrected chi connectivity index (χ1v) is 6.36. The molecule has 0 unspecified atom stereocenters. The van der Waals surface area contributed by atoms with Gasteiger partial charge in [0.2, 0.25) is 0 Å². The first kappa shape index (κ1) is 12.5. The van der Waals surface area contributed by atoms with Crippen molar-refractivity contribution in [1.29, 1.82) is 0 Å². The Bertz CT molecular complexity index is 814. The molecule has 0 amide bonds. The number of methoxy groups -OCH3 is 1. The lowest BCUT2D eigenvalue weighted by molar-refractivity contribution is 0.415. The summed E-state index contributed by atoms with van der Waals surface area (Å²) >= 11 is 0. The number of hydrogen-bond acceptors (Lipinski definition) is 3. The number of benzene rings is 2. The largest absolute Gasteiger partial charge is 0.497 e. The topological polar surface area (TPSA) is 39.4 Å². The second kappa shape index (κ2) is 4.85. The molecule has 0 spiro atoms. The van der Waals surface area contributed by atoms with Gasteiger partial charge >= 0.3 is 5.63 Å². The van der Waals surface area contributed by atoms with E-state index in [0.29, 0.717) is 5.58 Å². The van der Waals surface area contributed by atoms with E-state index in [-0.39, 0.29) is 5.63 Å². The predicted molar refractivity (Wildman–Crippen MR) is 79.2 cm³/mol. The highest BCUT2D eigenvalue weighted by atomic mass is 16.5. The van der Waals surface area contributed by atoms with Crippen LogP contribution in [0.1, 0.15) is 5.56 Å². The van der Waals surface area contributed by atoms with Crippen LogP contribution in [0, 0.1) is 6.92 Å². The first-order valence-electron chi connectivity index (χ1n) is 6.36. The number of hydrogen-bond donors (Lipinski definition) is 0. The SMILES string of the molecule is COc1ccc2oc(=O)cc(-c3ccc(C)cc3)c2c1. The molecule has 2 aromatic carbocycles. The third-order valence-corrected chi connectivity index (χ3v) is 3.31. The van der Waals surface area contributed by atoms with Gasteiger partial charge in [0.05, 0.1) is 7.11 Å². The third kappa shape index (κ3) is 2.18. The van der Waals surface area contributed by atoms with Crippen LogP contribution < -0.4 is 10.4 Å². The van der Waals surface area contributed by atoms with Crippen molar-refractivity contribution in [3.05, 3.63) is 64.5 Å². The minimum absolute atomic E-state index is 0.349. The van der Waals surface area contributed by atoms with Gasteiger partial charge in [0.1, 0.15) is 11.3 Å². The lowest BCUT2D eigenvalue weighted by Crippen LogP contribution is -1.98. The molecule has 0 aliphatic heterocycles. The lowest BCUT2D eigenvalue weighted by atomic mass is 10.0. The van der Waals surface area contributed by atoms with E-state index in [1.165, 1.54) is 11.6 Å². The fourth-order valence-corrected chi connectivity index (χ4v) is 2.24. The van der Waals surface area contributed by atoms with Crippen LogP contribution >= 0.6 is 0 Å². The van der Waals surface area contributed by atoms with Crippen LogP contribution in [-0.2, 0) is 0 Å². The average Bonchev–Trinajstić information content (AvgIpc) is 2.47. The van der Waals surface area contributed by atoms with Crippen LogP contribution in [0.15, 0.2) is 57.7 Å². The summed E-state index contributed by atoms with van der Waals surface area (Å²) in [5.41, 5.74) is 3.24. The van der Waals surface area contributed by atoms with E-state index in [0.717, 1.165) is 22.3 Å². The van der Waals surface area contributed by atoms with Gasteiger partial charge in [0.15, 0.2) is 0 Å². The Labute approximate surface area is 116 Å². The third-order valence-electron chi connectivity index (χ3n) is 3.31. The van der Waals surface area contributed by atoms with Crippen LogP contribution in [0.25, 0.3) is 22.1 Å². The summed E-state index contributed by atoms with van der Waals surface area (Å²) in [6.07, 6.45) is 0. The number of fused-ring (bicyclic) bond motifs is 1. The lowest BCUT2D eigenvalue weighted by Gasteiger charge is -2.07. The molecule has 3 nitrogen and oxygen atoms in total. The van der Waals surface area contributed by atoms with Gasteiger partial charge < -0.3 is 9.15 Å². The molecule has 3 aromatic rings. The van der Waals surface area contributed by atoms with Crippen LogP contribution in [0.5, 0.6) is 5.75 Å². The van der Waals surface area contributed by atoms with Crippen LogP contribution in [0.4, 0.5) is 0 Å². The van der Waals surface area contributed by atoms with Gasteiger partial charge in [0.25, 0.3) is 0 Å². The van der Waals surface area contributed by atoms with Crippen molar-refractivity contribution in [3.8, 4) is 16.9 Å². The Balaban J connectivity index is 2.32. The van der Waals surface area contributed by atoms with Crippen molar-refractivity contribution in [1.82, 2.24) is 0 Å². The second-order valence-electron chi connectivity index (χ2n) is 4.71. The molecule has 0 aliphatic rings. The zero-order valence-electron chi connectivity index (χ0n) is 11.3. The van der Waals surface area contributed by atoms with E-state index in [9.17, 15) is 4.79 Å². The standard InChI is InChI=1S/C17H14O3/c1-11-3-5-12(6-4-11)14-10-17(18)20-16-8-7-13(19-2)9-15(14)16/h3-10H,1-2H3. The van der Waals surface area contributed by atoms with E-state index >= 15 is 0 Å². The fraction of sp³-hybridized carbons (Fsp3) is 0.118. The Morgan fingerprint density at radius 3 is 2.45 bits per heavy atom. The van der Waals surface area contributed by atoms with E-state index in [2.05, 4.69) is 0 Å². The highest BCUT2D eigenvalue weighted by Crippen LogP contribution is 2.30. The van der Waals surface area contributed by atoms with Gasteiger partial charge in [-0.1, -0.05) is 29.8 Å². The van der Waals surface area contributed by atoms with E-state index in [1.807, 2.05) is 37.3 Å². The summed E-state index contributed by atoms with van der Waals surface area (Å²) in [7, 11) is 1.62. The van der Waals surface area contributed by atoms with Gasteiger partial charge in [-0.25, -0.2) is 4.79 Å². The normalized spacial score (nSPS) is 10.7. The van der Waals surface area contributed by atoms with Crippen molar-refractivity contribution in [3.63, 3.8) is 0 Å². The predicted octanol–water partition coefficient (Wildman–Crippen LogP) is 3.78. The number of rotatable bonds is 2. The van der Waals surface area contributed by atoms with Gasteiger partial charge in [0, 0.05) is 11.5 Å². The monoisotopic (exact) mass is 266 g/mol. The minimum Gasteiger partial charge on any atom is -0.497 e. The van der Waals surface area contributed by atoms with Gasteiger partial charge in [-0.15, -0.1) is 0 Å². The zero-order valence-corrected chi connectivity index (χ0v) is 11.3. The van der Waals surface area contributed by atoms with Crippen LogP contribution in [-0.4, -0.2) is 7.11 Å². The fourth-order valence-electron chi connectivity index (χ4n) is 2.24. The molecule has 0 bridgehead atoms. The zero-order chi connectivity index (χ0) is 14.1. The Morgan fingerprint density at radius 1 is 1.00 bits per heavy atom. The van der Waals surface area contributed by atoms with Crippen molar-refractivity contribution in [2.45, 2.75) is 6.92 Å². The molecule has 1 aromatic heterocycles. The number of aryl methyl sites for hydroxylation is 1. The molecule has 0 aliphatic carbocycles. The van der Waals surface area contributed by atoms with Crippen LogP contribution in [0.3, 0.4) is 0 Å². The molecule has 0 saturated heterocycles. The molecule has 0 fully saturated rings. The average molecular weight is 266 g/mol. The smallest absolute Gasteiger partial charge is 0.336 e. The van der Waals surface area contributed by atoms with E-state index in [4.69, 9.17) is 9.15 Å². The molecule has 100 valence electrons. The highest BCUT2D eigenvalue weighted by Gasteiger charge is 2.08. The second-order valence-corrected chi connectivity index (χ2v) is 4.71. The molecule has 0 saturated carbocycles. The Hall–Kier alpha value is -2.55. The summed E-state index contributed by atoms with van der Waals surface area (Å²) in [6.45, 7) is 2.03. The Kier molecular flexibility index (Phi) is 3.03. The molecule has 0 N–H and O–H groups in total. The highest BCUT2D eigenvalue weighted by molar-refractivity contribution is 5.94. The van der Waals surface area contributed by atoms with Gasteiger partial charge in [-0.2, -0.15) is 0 Å². The maximum absolute atomic E-state index is 11.7. The summed E-state index contributed by atoms with van der Waals surface area (Å²) in [5, 5.41) is 0.868. The van der Waals surface area contributed by atoms with Crippen LogP contribution in [0.2, 0.25) is 0 Å². The summed E-state index contributed by atoms with van der Waals surface area (Å²) < 4.78 is 10.5.